The van der Waals surface area contributed by atoms with E-state index in [4.69, 9.17) is 4.74 Å². The van der Waals surface area contributed by atoms with Gasteiger partial charge in [-0.3, -0.25) is 4.79 Å². The van der Waals surface area contributed by atoms with Crippen molar-refractivity contribution in [2.45, 2.75) is 39.8 Å². The molecule has 3 aromatic rings. The van der Waals surface area contributed by atoms with Crippen LogP contribution < -0.4 is 20.3 Å². The van der Waals surface area contributed by atoms with E-state index in [-0.39, 0.29) is 18.5 Å². The van der Waals surface area contributed by atoms with Gasteiger partial charge in [0.05, 0.1) is 17.8 Å². The summed E-state index contributed by atoms with van der Waals surface area (Å²) in [6.45, 7) is 12.3. The van der Waals surface area contributed by atoms with Gasteiger partial charge in [0.2, 0.25) is 0 Å². The number of benzene rings is 3. The summed E-state index contributed by atoms with van der Waals surface area (Å²) in [5.74, 6) is 0.488. The van der Waals surface area contributed by atoms with Crippen molar-refractivity contribution in [3.8, 4) is 5.75 Å². The van der Waals surface area contributed by atoms with Crippen LogP contribution in [0.3, 0.4) is 0 Å². The van der Waals surface area contributed by atoms with Crippen molar-refractivity contribution in [2.75, 3.05) is 16.8 Å². The standard InChI is InChI=1S/C29H31N3O3/c1-19(2)21-11-8-12-23(15-21)29(4,5)31-28(34)30-24-13-14-26-25(16-24)32(27(33)18-35-26)17-22-10-7-6-9-20(22)3/h6-16H,1,17-18H2,2-5H3,(H2,30,31,34). The summed E-state index contributed by atoms with van der Waals surface area (Å²) in [5.41, 5.74) is 5.74. The molecule has 0 aliphatic carbocycles. The van der Waals surface area contributed by atoms with Crippen LogP contribution in [0.15, 0.2) is 73.3 Å². The van der Waals surface area contributed by atoms with Crippen molar-refractivity contribution in [1.29, 1.82) is 0 Å². The van der Waals surface area contributed by atoms with Crippen molar-refractivity contribution < 1.29 is 14.3 Å². The molecule has 6 nitrogen and oxygen atoms in total. The zero-order chi connectivity index (χ0) is 25.2. The molecule has 0 fully saturated rings. The smallest absolute Gasteiger partial charge is 0.319 e. The summed E-state index contributed by atoms with van der Waals surface area (Å²) in [6.07, 6.45) is 0. The van der Waals surface area contributed by atoms with Gasteiger partial charge in [-0.1, -0.05) is 54.6 Å². The summed E-state index contributed by atoms with van der Waals surface area (Å²) in [4.78, 5) is 27.3. The van der Waals surface area contributed by atoms with Gasteiger partial charge >= 0.3 is 6.03 Å². The lowest BCUT2D eigenvalue weighted by molar-refractivity contribution is -0.121. The lowest BCUT2D eigenvalue weighted by atomic mass is 9.92. The van der Waals surface area contributed by atoms with Gasteiger partial charge in [-0.25, -0.2) is 4.79 Å². The largest absolute Gasteiger partial charge is 0.482 e. The molecule has 180 valence electrons. The second-order valence-corrected chi connectivity index (χ2v) is 9.44. The molecule has 3 aromatic carbocycles. The van der Waals surface area contributed by atoms with Crippen LogP contribution in [0.4, 0.5) is 16.2 Å². The number of fused-ring (bicyclic) bond motifs is 1. The molecular weight excluding hydrogens is 438 g/mol. The normalized spacial score (nSPS) is 13.0. The van der Waals surface area contributed by atoms with Gasteiger partial charge in [-0.05, 0) is 74.2 Å². The molecule has 6 heteroatoms. The van der Waals surface area contributed by atoms with Crippen molar-refractivity contribution in [2.24, 2.45) is 0 Å². The number of rotatable bonds is 6. The lowest BCUT2D eigenvalue weighted by Gasteiger charge is -2.31. The van der Waals surface area contributed by atoms with E-state index in [2.05, 4.69) is 17.2 Å². The lowest BCUT2D eigenvalue weighted by Crippen LogP contribution is -2.43. The van der Waals surface area contributed by atoms with Crippen LogP contribution >= 0.6 is 0 Å². The third-order valence-corrected chi connectivity index (χ3v) is 6.25. The Morgan fingerprint density at radius 3 is 2.60 bits per heavy atom. The number of hydrogen-bond acceptors (Lipinski definition) is 3. The summed E-state index contributed by atoms with van der Waals surface area (Å²) in [5, 5.41) is 5.95. The van der Waals surface area contributed by atoms with Crippen molar-refractivity contribution in [3.63, 3.8) is 0 Å². The molecule has 0 atom stereocenters. The van der Waals surface area contributed by atoms with Crippen LogP contribution in [0.1, 0.15) is 43.0 Å². The quantitative estimate of drug-likeness (QED) is 0.464. The van der Waals surface area contributed by atoms with Gasteiger partial charge in [0, 0.05) is 5.69 Å². The zero-order valence-electron chi connectivity index (χ0n) is 20.6. The van der Waals surface area contributed by atoms with Crippen molar-refractivity contribution in [3.05, 3.63) is 95.6 Å². The molecule has 2 N–H and O–H groups in total. The average Bonchev–Trinajstić information content (AvgIpc) is 2.82. The minimum Gasteiger partial charge on any atom is -0.482 e. The fraction of sp³-hybridized carbons (Fsp3) is 0.241. The zero-order valence-corrected chi connectivity index (χ0v) is 20.6. The minimum absolute atomic E-state index is 0.0103. The molecule has 0 spiro atoms. The van der Waals surface area contributed by atoms with Crippen LogP contribution in [0.25, 0.3) is 5.57 Å². The SMILES string of the molecule is C=C(C)c1cccc(C(C)(C)NC(=O)Nc2ccc3c(c2)N(Cc2ccccc2C)C(=O)CO3)c1. The molecule has 0 saturated carbocycles. The highest BCUT2D eigenvalue weighted by atomic mass is 16.5. The first-order valence-electron chi connectivity index (χ1n) is 11.6. The maximum absolute atomic E-state index is 12.9. The number of urea groups is 1. The highest BCUT2D eigenvalue weighted by molar-refractivity contribution is 5.99. The fourth-order valence-electron chi connectivity index (χ4n) is 4.10. The van der Waals surface area contributed by atoms with Crippen LogP contribution in [0, 0.1) is 6.92 Å². The predicted octanol–water partition coefficient (Wildman–Crippen LogP) is 6.01. The number of nitrogens with one attached hydrogen (secondary N) is 2. The highest BCUT2D eigenvalue weighted by Crippen LogP contribution is 2.36. The average molecular weight is 470 g/mol. The van der Waals surface area contributed by atoms with Crippen molar-refractivity contribution in [1.82, 2.24) is 5.32 Å². The number of ether oxygens (including phenoxy) is 1. The van der Waals surface area contributed by atoms with Gasteiger partial charge < -0.3 is 20.3 Å². The molecule has 0 aromatic heterocycles. The first-order chi connectivity index (χ1) is 16.6. The fourth-order valence-corrected chi connectivity index (χ4v) is 4.10. The van der Waals surface area contributed by atoms with Crippen LogP contribution in [0.2, 0.25) is 0 Å². The number of carbonyl (C=O) groups excluding carboxylic acids is 2. The minimum atomic E-state index is -0.611. The van der Waals surface area contributed by atoms with Crippen molar-refractivity contribution >= 4 is 28.9 Å². The van der Waals surface area contributed by atoms with Gasteiger partial charge in [0.1, 0.15) is 5.75 Å². The molecule has 0 bridgehead atoms. The Balaban J connectivity index is 1.53. The molecular formula is C29H31N3O3. The molecule has 1 heterocycles. The monoisotopic (exact) mass is 469 g/mol. The molecule has 35 heavy (non-hydrogen) atoms. The number of nitrogens with zero attached hydrogens (tertiary/aromatic N) is 1. The first-order valence-corrected chi connectivity index (χ1v) is 11.6. The molecule has 1 aliphatic rings. The van der Waals surface area contributed by atoms with E-state index in [9.17, 15) is 9.59 Å². The Bertz CT molecular complexity index is 1300. The second kappa shape index (κ2) is 9.66. The van der Waals surface area contributed by atoms with Gasteiger partial charge in [0.25, 0.3) is 5.91 Å². The Hall–Kier alpha value is -4.06. The number of amides is 3. The summed E-state index contributed by atoms with van der Waals surface area (Å²) < 4.78 is 5.64. The molecule has 0 saturated heterocycles. The Labute approximate surface area is 206 Å². The topological polar surface area (TPSA) is 70.7 Å². The highest BCUT2D eigenvalue weighted by Gasteiger charge is 2.27. The summed E-state index contributed by atoms with van der Waals surface area (Å²) in [7, 11) is 0. The van der Waals surface area contributed by atoms with Gasteiger partial charge in [-0.15, -0.1) is 0 Å². The number of carbonyl (C=O) groups is 2. The molecule has 4 rings (SSSR count). The maximum Gasteiger partial charge on any atom is 0.319 e. The Morgan fingerprint density at radius 2 is 1.86 bits per heavy atom. The van der Waals surface area contributed by atoms with E-state index in [0.717, 1.165) is 27.8 Å². The van der Waals surface area contributed by atoms with E-state index in [1.165, 1.54) is 0 Å². The van der Waals surface area contributed by atoms with E-state index in [1.54, 1.807) is 23.1 Å². The van der Waals surface area contributed by atoms with E-state index in [1.807, 2.05) is 76.2 Å². The molecule has 1 aliphatic heterocycles. The maximum atomic E-state index is 12.9. The number of anilines is 2. The molecule has 0 unspecified atom stereocenters. The second-order valence-electron chi connectivity index (χ2n) is 9.44. The predicted molar refractivity (Wildman–Crippen MR) is 141 cm³/mol. The van der Waals surface area contributed by atoms with E-state index in [0.29, 0.717) is 23.7 Å². The number of hydrogen-bond donors (Lipinski definition) is 2. The van der Waals surface area contributed by atoms with E-state index >= 15 is 0 Å². The first kappa shape index (κ1) is 24.1. The number of aryl methyl sites for hydroxylation is 1. The summed E-state index contributed by atoms with van der Waals surface area (Å²) in [6, 6.07) is 20.9. The Kier molecular flexibility index (Phi) is 6.65. The third kappa shape index (κ3) is 5.38. The molecule has 0 radical (unpaired) electrons. The van der Waals surface area contributed by atoms with Gasteiger partial charge in [-0.2, -0.15) is 0 Å². The van der Waals surface area contributed by atoms with Crippen LogP contribution in [0.5, 0.6) is 5.75 Å². The van der Waals surface area contributed by atoms with Gasteiger partial charge in [0.15, 0.2) is 6.61 Å². The van der Waals surface area contributed by atoms with Crippen LogP contribution in [-0.2, 0) is 16.9 Å². The Morgan fingerprint density at radius 1 is 1.09 bits per heavy atom. The third-order valence-electron chi connectivity index (χ3n) is 6.25. The van der Waals surface area contributed by atoms with Crippen LogP contribution in [-0.4, -0.2) is 18.5 Å². The summed E-state index contributed by atoms with van der Waals surface area (Å²) >= 11 is 0. The van der Waals surface area contributed by atoms with E-state index < -0.39 is 5.54 Å². The number of allylic oxidation sites excluding steroid dienone is 1. The molecule has 3 amide bonds.